The van der Waals surface area contributed by atoms with Gasteiger partial charge in [-0.1, -0.05) is 17.7 Å². The predicted octanol–water partition coefficient (Wildman–Crippen LogP) is 3.50. The third-order valence-corrected chi connectivity index (χ3v) is 3.06. The van der Waals surface area contributed by atoms with Crippen molar-refractivity contribution in [1.29, 1.82) is 0 Å². The summed E-state index contributed by atoms with van der Waals surface area (Å²) < 4.78 is 26.2. The summed E-state index contributed by atoms with van der Waals surface area (Å²) >= 11 is 5.77. The van der Waals surface area contributed by atoms with Crippen molar-refractivity contribution in [2.75, 3.05) is 5.32 Å². The van der Waals surface area contributed by atoms with Crippen LogP contribution in [0.3, 0.4) is 0 Å². The molecule has 0 saturated carbocycles. The lowest BCUT2D eigenvalue weighted by atomic mass is 10.1. The average molecular weight is 297 g/mol. The number of rotatable bonds is 3. The number of nitrogens with zero attached hydrogens (tertiary/aromatic N) is 1. The van der Waals surface area contributed by atoms with Crippen LogP contribution in [0.2, 0.25) is 5.15 Å². The van der Waals surface area contributed by atoms with Crippen molar-refractivity contribution in [1.82, 2.24) is 4.98 Å². The second-order valence-electron chi connectivity index (χ2n) is 4.29. The highest BCUT2D eigenvalue weighted by molar-refractivity contribution is 6.30. The zero-order valence-electron chi connectivity index (χ0n) is 10.6. The molecule has 1 N–H and O–H groups in total. The van der Waals surface area contributed by atoms with Gasteiger partial charge in [0.15, 0.2) is 0 Å². The van der Waals surface area contributed by atoms with E-state index in [-0.39, 0.29) is 12.0 Å². The van der Waals surface area contributed by atoms with Crippen LogP contribution in [0.25, 0.3) is 0 Å². The summed E-state index contributed by atoms with van der Waals surface area (Å²) in [6, 6.07) is 4.76. The molecule has 0 fully saturated rings. The number of halogens is 3. The maximum atomic E-state index is 13.4. The van der Waals surface area contributed by atoms with E-state index in [0.29, 0.717) is 10.8 Å². The van der Waals surface area contributed by atoms with E-state index in [9.17, 15) is 13.6 Å². The fourth-order valence-electron chi connectivity index (χ4n) is 1.67. The highest BCUT2D eigenvalue weighted by atomic mass is 35.5. The SMILES string of the molecule is Cc1cc(NC(=O)Cc2ccc(F)cc2F)cnc1Cl. The molecule has 0 unspecified atom stereocenters. The van der Waals surface area contributed by atoms with Crippen LogP contribution >= 0.6 is 11.6 Å². The summed E-state index contributed by atoms with van der Waals surface area (Å²) in [4.78, 5) is 15.7. The topological polar surface area (TPSA) is 42.0 Å². The zero-order chi connectivity index (χ0) is 14.7. The van der Waals surface area contributed by atoms with Crippen LogP contribution in [0.1, 0.15) is 11.1 Å². The van der Waals surface area contributed by atoms with Crippen molar-refractivity contribution in [3.8, 4) is 0 Å². The first-order valence-electron chi connectivity index (χ1n) is 5.81. The van der Waals surface area contributed by atoms with Crippen LogP contribution < -0.4 is 5.32 Å². The molecule has 0 aliphatic heterocycles. The molecule has 0 saturated heterocycles. The molecule has 0 radical (unpaired) electrons. The standard InChI is InChI=1S/C14H11ClF2N2O/c1-8-4-11(7-18-14(8)15)19-13(20)5-9-2-3-10(16)6-12(9)17/h2-4,6-7H,5H2,1H3,(H,19,20). The van der Waals surface area contributed by atoms with E-state index in [1.54, 1.807) is 13.0 Å². The van der Waals surface area contributed by atoms with Gasteiger partial charge in [0.05, 0.1) is 18.3 Å². The van der Waals surface area contributed by atoms with E-state index in [1.165, 1.54) is 12.3 Å². The van der Waals surface area contributed by atoms with Crippen LogP contribution in [0, 0.1) is 18.6 Å². The Hall–Kier alpha value is -2.01. The monoisotopic (exact) mass is 296 g/mol. The fraction of sp³-hybridized carbons (Fsp3) is 0.143. The molecule has 104 valence electrons. The van der Waals surface area contributed by atoms with Crippen LogP contribution in [-0.2, 0) is 11.2 Å². The summed E-state index contributed by atoms with van der Waals surface area (Å²) in [7, 11) is 0. The Bertz CT molecular complexity index is 662. The van der Waals surface area contributed by atoms with Crippen LogP contribution in [0.15, 0.2) is 30.5 Å². The zero-order valence-corrected chi connectivity index (χ0v) is 11.3. The van der Waals surface area contributed by atoms with Crippen molar-refractivity contribution in [2.24, 2.45) is 0 Å². The molecule has 1 amide bonds. The van der Waals surface area contributed by atoms with Crippen molar-refractivity contribution in [2.45, 2.75) is 13.3 Å². The van der Waals surface area contributed by atoms with Crippen molar-refractivity contribution in [3.05, 3.63) is 58.4 Å². The minimum absolute atomic E-state index is 0.127. The Morgan fingerprint density at radius 2 is 2.10 bits per heavy atom. The lowest BCUT2D eigenvalue weighted by molar-refractivity contribution is -0.115. The molecule has 0 atom stereocenters. The normalized spacial score (nSPS) is 10.4. The molecule has 2 rings (SSSR count). The van der Waals surface area contributed by atoms with E-state index in [4.69, 9.17) is 11.6 Å². The predicted molar refractivity (Wildman–Crippen MR) is 72.7 cm³/mol. The Labute approximate surface area is 119 Å². The number of carbonyl (C=O) groups excluding carboxylic acids is 1. The van der Waals surface area contributed by atoms with Gasteiger partial charge in [0.1, 0.15) is 16.8 Å². The smallest absolute Gasteiger partial charge is 0.228 e. The van der Waals surface area contributed by atoms with Gasteiger partial charge in [-0.2, -0.15) is 0 Å². The Morgan fingerprint density at radius 3 is 2.75 bits per heavy atom. The molecule has 0 spiro atoms. The maximum absolute atomic E-state index is 13.4. The first-order chi connectivity index (χ1) is 9.45. The second-order valence-corrected chi connectivity index (χ2v) is 4.65. The van der Waals surface area contributed by atoms with Crippen LogP contribution in [0.5, 0.6) is 0 Å². The molecule has 1 heterocycles. The number of carbonyl (C=O) groups is 1. The number of anilines is 1. The molecule has 6 heteroatoms. The third-order valence-electron chi connectivity index (χ3n) is 2.66. The second kappa shape index (κ2) is 5.96. The number of hydrogen-bond acceptors (Lipinski definition) is 2. The number of nitrogens with one attached hydrogen (secondary N) is 1. The molecule has 0 bridgehead atoms. The molecule has 1 aromatic heterocycles. The highest BCUT2D eigenvalue weighted by Crippen LogP contribution is 2.17. The third kappa shape index (κ3) is 3.51. The Kier molecular flexibility index (Phi) is 4.29. The van der Waals surface area contributed by atoms with Gasteiger partial charge in [-0.05, 0) is 30.2 Å². The van der Waals surface area contributed by atoms with E-state index >= 15 is 0 Å². The molecular weight excluding hydrogens is 286 g/mol. The van der Waals surface area contributed by atoms with Crippen molar-refractivity contribution < 1.29 is 13.6 Å². The lowest BCUT2D eigenvalue weighted by Crippen LogP contribution is -2.15. The average Bonchev–Trinajstić information content (AvgIpc) is 2.37. The molecular formula is C14H11ClF2N2O. The van der Waals surface area contributed by atoms with Crippen molar-refractivity contribution in [3.63, 3.8) is 0 Å². The Morgan fingerprint density at radius 1 is 1.35 bits per heavy atom. The molecule has 0 aliphatic carbocycles. The lowest BCUT2D eigenvalue weighted by Gasteiger charge is -2.07. The molecule has 1 aromatic carbocycles. The summed E-state index contributed by atoms with van der Waals surface area (Å²) in [6.45, 7) is 1.75. The number of benzene rings is 1. The summed E-state index contributed by atoms with van der Waals surface area (Å²) in [5.74, 6) is -1.84. The van der Waals surface area contributed by atoms with E-state index < -0.39 is 17.5 Å². The van der Waals surface area contributed by atoms with Crippen LogP contribution in [-0.4, -0.2) is 10.9 Å². The maximum Gasteiger partial charge on any atom is 0.228 e. The molecule has 20 heavy (non-hydrogen) atoms. The highest BCUT2D eigenvalue weighted by Gasteiger charge is 2.10. The van der Waals surface area contributed by atoms with Crippen molar-refractivity contribution >= 4 is 23.2 Å². The first-order valence-corrected chi connectivity index (χ1v) is 6.19. The fourth-order valence-corrected chi connectivity index (χ4v) is 1.77. The van der Waals surface area contributed by atoms with Gasteiger partial charge in [0.2, 0.25) is 5.91 Å². The summed E-state index contributed by atoms with van der Waals surface area (Å²) in [5.41, 5.74) is 1.32. The number of hydrogen-bond donors (Lipinski definition) is 1. The summed E-state index contributed by atoms with van der Waals surface area (Å²) in [5, 5.41) is 2.93. The molecule has 2 aromatic rings. The van der Waals surface area contributed by atoms with Gasteiger partial charge in [0, 0.05) is 6.07 Å². The van der Waals surface area contributed by atoms with E-state index in [2.05, 4.69) is 10.3 Å². The van der Waals surface area contributed by atoms with Gasteiger partial charge in [-0.25, -0.2) is 13.8 Å². The van der Waals surface area contributed by atoms with Gasteiger partial charge < -0.3 is 5.32 Å². The molecule has 3 nitrogen and oxygen atoms in total. The number of aryl methyl sites for hydroxylation is 1. The van der Waals surface area contributed by atoms with Gasteiger partial charge in [0.25, 0.3) is 0 Å². The largest absolute Gasteiger partial charge is 0.324 e. The number of amides is 1. The minimum atomic E-state index is -0.745. The molecule has 0 aliphatic rings. The Balaban J connectivity index is 2.07. The number of pyridine rings is 1. The van der Waals surface area contributed by atoms with Gasteiger partial charge in [-0.3, -0.25) is 4.79 Å². The van der Waals surface area contributed by atoms with Gasteiger partial charge in [-0.15, -0.1) is 0 Å². The first kappa shape index (κ1) is 14.4. The van der Waals surface area contributed by atoms with E-state index in [1.807, 2.05) is 0 Å². The van der Waals surface area contributed by atoms with E-state index in [0.717, 1.165) is 17.7 Å². The number of aromatic nitrogens is 1. The summed E-state index contributed by atoms with van der Waals surface area (Å²) in [6.07, 6.45) is 1.22. The van der Waals surface area contributed by atoms with Crippen LogP contribution in [0.4, 0.5) is 14.5 Å². The van der Waals surface area contributed by atoms with Gasteiger partial charge >= 0.3 is 0 Å². The quantitative estimate of drug-likeness (QED) is 0.881. The minimum Gasteiger partial charge on any atom is -0.324 e.